The monoisotopic (exact) mass is 430 g/mol. The first-order chi connectivity index (χ1) is 15.1. The molecule has 1 unspecified atom stereocenters. The summed E-state index contributed by atoms with van der Waals surface area (Å²) in [4.78, 5) is 19.3. The second-order valence-corrected chi connectivity index (χ2v) is 8.06. The summed E-state index contributed by atoms with van der Waals surface area (Å²) in [5, 5.41) is 3.93. The number of hydrogen-bond donors (Lipinski definition) is 1. The van der Waals surface area contributed by atoms with E-state index in [1.54, 1.807) is 6.07 Å². The number of halogens is 1. The molecule has 0 aliphatic heterocycles. The first kappa shape index (κ1) is 21.1. The third-order valence-electron chi connectivity index (χ3n) is 5.29. The number of fused-ring (bicyclic) bond motifs is 1. The lowest BCUT2D eigenvalue weighted by molar-refractivity contribution is 0.0934. The van der Waals surface area contributed by atoms with Gasteiger partial charge in [0.25, 0.3) is 5.91 Å². The van der Waals surface area contributed by atoms with Crippen LogP contribution in [0.5, 0.6) is 0 Å². The van der Waals surface area contributed by atoms with E-state index in [9.17, 15) is 9.18 Å². The molecule has 1 heterocycles. The fraction of sp³-hybridized carbons (Fsp3) is 0.154. The van der Waals surface area contributed by atoms with Gasteiger partial charge in [-0.15, -0.1) is 11.8 Å². The van der Waals surface area contributed by atoms with E-state index in [0.717, 1.165) is 32.6 Å². The first-order valence-electron chi connectivity index (χ1n) is 10.2. The van der Waals surface area contributed by atoms with Crippen molar-refractivity contribution in [2.24, 2.45) is 0 Å². The molecule has 0 aliphatic carbocycles. The zero-order chi connectivity index (χ0) is 21.8. The topological polar surface area (TPSA) is 42.0 Å². The fourth-order valence-corrected chi connectivity index (χ4v) is 4.55. The van der Waals surface area contributed by atoms with E-state index < -0.39 is 0 Å². The van der Waals surface area contributed by atoms with Crippen LogP contribution in [0.2, 0.25) is 0 Å². The van der Waals surface area contributed by atoms with Gasteiger partial charge in [-0.2, -0.15) is 0 Å². The van der Waals surface area contributed by atoms with Gasteiger partial charge in [0, 0.05) is 15.8 Å². The van der Waals surface area contributed by atoms with Crippen LogP contribution in [0.3, 0.4) is 0 Å². The average molecular weight is 431 g/mol. The Morgan fingerprint density at radius 2 is 1.77 bits per heavy atom. The van der Waals surface area contributed by atoms with Crippen molar-refractivity contribution in [3.63, 3.8) is 0 Å². The lowest BCUT2D eigenvalue weighted by Gasteiger charge is -2.20. The van der Waals surface area contributed by atoms with Gasteiger partial charge in [-0.25, -0.2) is 9.37 Å². The van der Waals surface area contributed by atoms with Crippen molar-refractivity contribution in [3.05, 3.63) is 95.8 Å². The Bertz CT molecular complexity index is 1230. The number of nitrogens with one attached hydrogen (secondary N) is 1. The molecule has 1 N–H and O–H groups in total. The molecule has 1 aromatic heterocycles. The molecule has 4 aromatic rings. The molecule has 31 heavy (non-hydrogen) atoms. The summed E-state index contributed by atoms with van der Waals surface area (Å²) in [5.74, 6) is -0.494. The van der Waals surface area contributed by atoms with Gasteiger partial charge in [0.05, 0.1) is 22.8 Å². The zero-order valence-corrected chi connectivity index (χ0v) is 18.2. The molecule has 0 radical (unpaired) electrons. The molecule has 3 nitrogen and oxygen atoms in total. The highest BCUT2D eigenvalue weighted by Crippen LogP contribution is 2.36. The van der Waals surface area contributed by atoms with E-state index in [4.69, 9.17) is 4.98 Å². The smallest absolute Gasteiger partial charge is 0.253 e. The third-order valence-corrected chi connectivity index (χ3v) is 6.10. The lowest BCUT2D eigenvalue weighted by Crippen LogP contribution is -2.29. The highest BCUT2D eigenvalue weighted by molar-refractivity contribution is 7.98. The maximum Gasteiger partial charge on any atom is 0.253 e. The molecule has 3 aromatic carbocycles. The SMILES string of the molecule is CCC(NC(=O)c1c(SC)c(-c2ccccc2)nc2ccccc12)c1cccc(F)c1. The predicted molar refractivity (Wildman–Crippen MR) is 126 cm³/mol. The van der Waals surface area contributed by atoms with E-state index in [0.29, 0.717) is 12.0 Å². The maximum absolute atomic E-state index is 13.8. The number of nitrogens with zero attached hydrogens (tertiary/aromatic N) is 1. The predicted octanol–water partition coefficient (Wildman–Crippen LogP) is 6.64. The number of aromatic nitrogens is 1. The molecule has 0 saturated heterocycles. The van der Waals surface area contributed by atoms with Crippen LogP contribution in [0.1, 0.15) is 35.3 Å². The molecule has 5 heteroatoms. The Balaban J connectivity index is 1.84. The van der Waals surface area contributed by atoms with Crippen molar-refractivity contribution in [2.75, 3.05) is 6.26 Å². The van der Waals surface area contributed by atoms with Crippen LogP contribution in [0, 0.1) is 5.82 Å². The Kier molecular flexibility index (Phi) is 6.33. The minimum atomic E-state index is -0.310. The summed E-state index contributed by atoms with van der Waals surface area (Å²) in [7, 11) is 0. The fourth-order valence-electron chi connectivity index (χ4n) is 3.79. The van der Waals surface area contributed by atoms with Gasteiger partial charge in [0.2, 0.25) is 0 Å². The standard InChI is InChI=1S/C26H23FN2OS/c1-3-21(18-12-9-13-19(27)16-18)29-26(30)23-20-14-7-8-15-22(20)28-24(25(23)31-2)17-10-5-4-6-11-17/h4-16,21H,3H2,1-2H3,(H,29,30). The molecule has 0 saturated carbocycles. The number of thioether (sulfide) groups is 1. The summed E-state index contributed by atoms with van der Waals surface area (Å²) >= 11 is 1.51. The van der Waals surface area contributed by atoms with Gasteiger partial charge in [-0.3, -0.25) is 4.79 Å². The summed E-state index contributed by atoms with van der Waals surface area (Å²) in [5.41, 5.74) is 3.87. The Hall–Kier alpha value is -3.18. The number of amides is 1. The van der Waals surface area contributed by atoms with Crippen molar-refractivity contribution in [3.8, 4) is 11.3 Å². The molecule has 1 amide bonds. The highest BCUT2D eigenvalue weighted by atomic mass is 32.2. The summed E-state index contributed by atoms with van der Waals surface area (Å²) in [6.07, 6.45) is 2.61. The molecule has 0 aliphatic rings. The second kappa shape index (κ2) is 9.31. The van der Waals surface area contributed by atoms with Crippen LogP contribution in [0.15, 0.2) is 83.8 Å². The van der Waals surface area contributed by atoms with Crippen molar-refractivity contribution in [1.82, 2.24) is 10.3 Å². The van der Waals surface area contributed by atoms with Gasteiger partial charge < -0.3 is 5.32 Å². The molecule has 0 fully saturated rings. The summed E-state index contributed by atoms with van der Waals surface area (Å²) in [6.45, 7) is 1.98. The maximum atomic E-state index is 13.8. The Morgan fingerprint density at radius 1 is 1.03 bits per heavy atom. The number of hydrogen-bond acceptors (Lipinski definition) is 3. The molecule has 1 atom stereocenters. The largest absolute Gasteiger partial charge is 0.345 e. The van der Waals surface area contributed by atoms with Crippen LogP contribution in [-0.2, 0) is 0 Å². The number of pyridine rings is 1. The first-order valence-corrected chi connectivity index (χ1v) is 11.4. The van der Waals surface area contributed by atoms with Gasteiger partial charge in [-0.1, -0.05) is 67.6 Å². The van der Waals surface area contributed by atoms with Crippen molar-refractivity contribution < 1.29 is 9.18 Å². The van der Waals surface area contributed by atoms with Crippen molar-refractivity contribution >= 4 is 28.6 Å². The zero-order valence-electron chi connectivity index (χ0n) is 17.4. The van der Waals surface area contributed by atoms with Crippen LogP contribution < -0.4 is 5.32 Å². The van der Waals surface area contributed by atoms with Crippen LogP contribution in [0.25, 0.3) is 22.2 Å². The van der Waals surface area contributed by atoms with Crippen molar-refractivity contribution in [2.45, 2.75) is 24.3 Å². The minimum absolute atomic E-state index is 0.184. The second-order valence-electron chi connectivity index (χ2n) is 7.24. The Morgan fingerprint density at radius 3 is 2.48 bits per heavy atom. The van der Waals surface area contributed by atoms with Gasteiger partial charge in [-0.05, 0) is 36.4 Å². The summed E-state index contributed by atoms with van der Waals surface area (Å²) in [6, 6.07) is 23.7. The van der Waals surface area contributed by atoms with Crippen LogP contribution in [-0.4, -0.2) is 17.1 Å². The molecule has 156 valence electrons. The normalized spacial score (nSPS) is 12.0. The minimum Gasteiger partial charge on any atom is -0.345 e. The van der Waals surface area contributed by atoms with E-state index in [1.165, 1.54) is 23.9 Å². The van der Waals surface area contributed by atoms with Crippen molar-refractivity contribution in [1.29, 1.82) is 0 Å². The lowest BCUT2D eigenvalue weighted by atomic mass is 10.0. The van der Waals surface area contributed by atoms with Gasteiger partial charge >= 0.3 is 0 Å². The quantitative estimate of drug-likeness (QED) is 0.349. The van der Waals surface area contributed by atoms with E-state index in [1.807, 2.05) is 73.8 Å². The van der Waals surface area contributed by atoms with Crippen LogP contribution >= 0.6 is 11.8 Å². The van der Waals surface area contributed by atoms with Gasteiger partial charge in [0.15, 0.2) is 0 Å². The van der Waals surface area contributed by atoms with Crippen LogP contribution in [0.4, 0.5) is 4.39 Å². The molecular weight excluding hydrogens is 407 g/mol. The number of para-hydroxylation sites is 1. The van der Waals surface area contributed by atoms with Gasteiger partial charge in [0.1, 0.15) is 5.82 Å². The van der Waals surface area contributed by atoms with E-state index >= 15 is 0 Å². The molecule has 4 rings (SSSR count). The summed E-state index contributed by atoms with van der Waals surface area (Å²) < 4.78 is 13.8. The van der Waals surface area contributed by atoms with E-state index in [-0.39, 0.29) is 17.8 Å². The van der Waals surface area contributed by atoms with E-state index in [2.05, 4.69) is 5.32 Å². The number of carbonyl (C=O) groups excluding carboxylic acids is 1. The number of carbonyl (C=O) groups is 1. The average Bonchev–Trinajstić information content (AvgIpc) is 2.81. The number of benzene rings is 3. The third kappa shape index (κ3) is 4.32. The number of rotatable bonds is 6. The highest BCUT2D eigenvalue weighted by Gasteiger charge is 2.23. The molecule has 0 bridgehead atoms. The Labute approximate surface area is 185 Å². The molecular formula is C26H23FN2OS. The molecule has 0 spiro atoms.